The van der Waals surface area contributed by atoms with E-state index in [0.717, 1.165) is 31.9 Å². The first kappa shape index (κ1) is 9.33. The van der Waals surface area contributed by atoms with Crippen molar-refractivity contribution in [3.05, 3.63) is 18.2 Å². The number of nitrogens with zero attached hydrogens (tertiary/aromatic N) is 2. The summed E-state index contributed by atoms with van der Waals surface area (Å²) >= 11 is 0. The van der Waals surface area contributed by atoms with Gasteiger partial charge in [-0.1, -0.05) is 0 Å². The molecule has 0 bridgehead atoms. The second-order valence-electron chi connectivity index (χ2n) is 3.35. The predicted octanol–water partition coefficient (Wildman–Crippen LogP) is 0.604. The molecule has 2 heterocycles. The van der Waals surface area contributed by atoms with Crippen LogP contribution < -0.4 is 10.1 Å². The Balaban J connectivity index is 1.82. The van der Waals surface area contributed by atoms with Crippen molar-refractivity contribution in [2.45, 2.75) is 6.42 Å². The van der Waals surface area contributed by atoms with Crippen molar-refractivity contribution in [3.8, 4) is 6.01 Å². The predicted molar refractivity (Wildman–Crippen MR) is 48.5 cm³/mol. The molecule has 0 saturated carbocycles. The zero-order chi connectivity index (χ0) is 9.80. The maximum Gasteiger partial charge on any atom is 0.316 e. The lowest BCUT2D eigenvalue weighted by Crippen LogP contribution is -2.16. The van der Waals surface area contributed by atoms with Crippen LogP contribution in [0.4, 0.5) is 4.39 Å². The summed E-state index contributed by atoms with van der Waals surface area (Å²) < 4.78 is 17.8. The maximum atomic E-state index is 12.4. The number of nitrogens with one attached hydrogen (secondary N) is 1. The van der Waals surface area contributed by atoms with Gasteiger partial charge in [0.05, 0.1) is 19.0 Å². The van der Waals surface area contributed by atoms with Gasteiger partial charge >= 0.3 is 6.01 Å². The van der Waals surface area contributed by atoms with Crippen LogP contribution in [-0.4, -0.2) is 29.7 Å². The third kappa shape index (κ3) is 2.38. The minimum atomic E-state index is -0.445. The van der Waals surface area contributed by atoms with E-state index in [0.29, 0.717) is 12.5 Å². The lowest BCUT2D eigenvalue weighted by atomic mass is 10.1. The maximum absolute atomic E-state index is 12.4. The lowest BCUT2D eigenvalue weighted by molar-refractivity contribution is 0.240. The minimum absolute atomic E-state index is 0.248. The Bertz CT molecular complexity index is 285. The van der Waals surface area contributed by atoms with E-state index in [1.54, 1.807) is 0 Å². The third-order valence-electron chi connectivity index (χ3n) is 2.21. The summed E-state index contributed by atoms with van der Waals surface area (Å²) in [5, 5.41) is 3.24. The molecule has 1 unspecified atom stereocenters. The summed E-state index contributed by atoms with van der Waals surface area (Å²) in [6, 6.07) is 0.248. The molecule has 1 aromatic rings. The Kier molecular flexibility index (Phi) is 2.88. The Morgan fingerprint density at radius 2 is 2.29 bits per heavy atom. The highest BCUT2D eigenvalue weighted by atomic mass is 19.1. The van der Waals surface area contributed by atoms with Gasteiger partial charge in [0.1, 0.15) is 0 Å². The van der Waals surface area contributed by atoms with Crippen molar-refractivity contribution in [1.29, 1.82) is 0 Å². The van der Waals surface area contributed by atoms with Gasteiger partial charge in [0, 0.05) is 12.5 Å². The van der Waals surface area contributed by atoms with Crippen LogP contribution >= 0.6 is 0 Å². The zero-order valence-electron chi connectivity index (χ0n) is 7.74. The summed E-state index contributed by atoms with van der Waals surface area (Å²) in [6.45, 7) is 2.61. The summed E-state index contributed by atoms with van der Waals surface area (Å²) in [4.78, 5) is 7.42. The van der Waals surface area contributed by atoms with Gasteiger partial charge in [-0.05, 0) is 13.0 Å². The van der Waals surface area contributed by atoms with Crippen molar-refractivity contribution in [2.24, 2.45) is 5.92 Å². The smallest absolute Gasteiger partial charge is 0.316 e. The van der Waals surface area contributed by atoms with E-state index in [-0.39, 0.29) is 6.01 Å². The van der Waals surface area contributed by atoms with Crippen LogP contribution in [0.2, 0.25) is 0 Å². The van der Waals surface area contributed by atoms with Crippen molar-refractivity contribution in [3.63, 3.8) is 0 Å². The minimum Gasteiger partial charge on any atom is -0.463 e. The van der Waals surface area contributed by atoms with Crippen molar-refractivity contribution < 1.29 is 9.13 Å². The van der Waals surface area contributed by atoms with E-state index in [9.17, 15) is 4.39 Å². The Labute approximate surface area is 81.5 Å². The largest absolute Gasteiger partial charge is 0.463 e. The van der Waals surface area contributed by atoms with Crippen LogP contribution in [0.5, 0.6) is 6.01 Å². The molecule has 0 aromatic carbocycles. The second kappa shape index (κ2) is 4.32. The average molecular weight is 197 g/mol. The average Bonchev–Trinajstić information content (AvgIpc) is 2.70. The van der Waals surface area contributed by atoms with E-state index in [1.165, 1.54) is 0 Å². The van der Waals surface area contributed by atoms with E-state index in [2.05, 4.69) is 15.3 Å². The number of halogens is 1. The highest BCUT2D eigenvalue weighted by Gasteiger charge is 2.15. The normalized spacial score (nSPS) is 21.1. The topological polar surface area (TPSA) is 47.0 Å². The van der Waals surface area contributed by atoms with Crippen LogP contribution in [0.15, 0.2) is 12.4 Å². The number of ether oxygens (including phenoxy) is 1. The van der Waals surface area contributed by atoms with E-state index < -0.39 is 5.82 Å². The molecule has 0 aliphatic carbocycles. The molecule has 0 spiro atoms. The molecule has 1 aromatic heterocycles. The van der Waals surface area contributed by atoms with Crippen LogP contribution in [0, 0.1) is 11.7 Å². The Morgan fingerprint density at radius 1 is 1.50 bits per heavy atom. The standard InChI is InChI=1S/C9H12FN3O/c10-8-4-12-9(13-5-8)14-6-7-1-2-11-3-7/h4-5,7,11H,1-3,6H2. The van der Waals surface area contributed by atoms with Gasteiger partial charge in [0.15, 0.2) is 5.82 Å². The van der Waals surface area contributed by atoms with Crippen LogP contribution in [0.1, 0.15) is 6.42 Å². The molecule has 76 valence electrons. The molecule has 1 aliphatic heterocycles. The van der Waals surface area contributed by atoms with Crippen LogP contribution in [-0.2, 0) is 0 Å². The van der Waals surface area contributed by atoms with E-state index in [4.69, 9.17) is 4.74 Å². The quantitative estimate of drug-likeness (QED) is 0.771. The Morgan fingerprint density at radius 3 is 2.93 bits per heavy atom. The van der Waals surface area contributed by atoms with Gasteiger partial charge in [-0.25, -0.2) is 14.4 Å². The first-order valence-corrected chi connectivity index (χ1v) is 4.65. The molecular weight excluding hydrogens is 185 g/mol. The summed E-state index contributed by atoms with van der Waals surface area (Å²) in [5.74, 6) is 0.0727. The van der Waals surface area contributed by atoms with Gasteiger partial charge < -0.3 is 10.1 Å². The summed E-state index contributed by atoms with van der Waals surface area (Å²) in [7, 11) is 0. The number of rotatable bonds is 3. The summed E-state index contributed by atoms with van der Waals surface area (Å²) in [6.07, 6.45) is 3.33. The highest BCUT2D eigenvalue weighted by molar-refractivity contribution is 4.95. The molecule has 0 radical (unpaired) electrons. The molecule has 14 heavy (non-hydrogen) atoms. The molecule has 2 rings (SSSR count). The molecule has 1 fully saturated rings. The van der Waals surface area contributed by atoms with Gasteiger partial charge in [0.25, 0.3) is 0 Å². The molecular formula is C9H12FN3O. The van der Waals surface area contributed by atoms with Crippen LogP contribution in [0.25, 0.3) is 0 Å². The fourth-order valence-corrected chi connectivity index (χ4v) is 1.42. The third-order valence-corrected chi connectivity index (χ3v) is 2.21. The summed E-state index contributed by atoms with van der Waals surface area (Å²) in [5.41, 5.74) is 0. The van der Waals surface area contributed by atoms with Gasteiger partial charge in [-0.2, -0.15) is 0 Å². The van der Waals surface area contributed by atoms with Crippen molar-refractivity contribution in [1.82, 2.24) is 15.3 Å². The Hall–Kier alpha value is -1.23. The number of aromatic nitrogens is 2. The van der Waals surface area contributed by atoms with Gasteiger partial charge in [-0.15, -0.1) is 0 Å². The van der Waals surface area contributed by atoms with E-state index >= 15 is 0 Å². The molecule has 4 nitrogen and oxygen atoms in total. The van der Waals surface area contributed by atoms with Gasteiger partial charge in [0.2, 0.25) is 0 Å². The first-order valence-electron chi connectivity index (χ1n) is 4.65. The molecule has 1 N–H and O–H groups in total. The number of hydrogen-bond donors (Lipinski definition) is 1. The lowest BCUT2D eigenvalue weighted by Gasteiger charge is -2.08. The SMILES string of the molecule is Fc1cnc(OCC2CCNC2)nc1. The van der Waals surface area contributed by atoms with Gasteiger partial charge in [-0.3, -0.25) is 0 Å². The first-order chi connectivity index (χ1) is 6.84. The van der Waals surface area contributed by atoms with E-state index in [1.807, 2.05) is 0 Å². The zero-order valence-corrected chi connectivity index (χ0v) is 7.74. The molecule has 1 saturated heterocycles. The van der Waals surface area contributed by atoms with Crippen LogP contribution in [0.3, 0.4) is 0 Å². The second-order valence-corrected chi connectivity index (χ2v) is 3.35. The van der Waals surface area contributed by atoms with Crippen molar-refractivity contribution >= 4 is 0 Å². The molecule has 0 amide bonds. The number of hydrogen-bond acceptors (Lipinski definition) is 4. The fourth-order valence-electron chi connectivity index (χ4n) is 1.42. The van der Waals surface area contributed by atoms with Crippen molar-refractivity contribution in [2.75, 3.05) is 19.7 Å². The monoisotopic (exact) mass is 197 g/mol. The molecule has 1 aliphatic rings. The fraction of sp³-hybridized carbons (Fsp3) is 0.556. The molecule has 5 heteroatoms. The highest BCUT2D eigenvalue weighted by Crippen LogP contribution is 2.09. The molecule has 1 atom stereocenters.